The summed E-state index contributed by atoms with van der Waals surface area (Å²) in [5, 5.41) is 0. The average molecular weight is 345 g/mol. The Balaban J connectivity index is 1.67. The van der Waals surface area contributed by atoms with Crippen molar-refractivity contribution in [2.24, 2.45) is 0 Å². The Hall–Kier alpha value is -1.92. The van der Waals surface area contributed by atoms with Crippen molar-refractivity contribution in [3.63, 3.8) is 0 Å². The van der Waals surface area contributed by atoms with E-state index in [0.29, 0.717) is 26.1 Å². The molecule has 3 heterocycles. The molecule has 0 aliphatic carbocycles. The van der Waals surface area contributed by atoms with E-state index in [1.807, 2.05) is 48.2 Å². The smallest absolute Gasteiger partial charge is 0.228 e. The monoisotopic (exact) mass is 345 g/mol. The fourth-order valence-electron chi connectivity index (χ4n) is 2.76. The van der Waals surface area contributed by atoms with Gasteiger partial charge in [-0.05, 0) is 31.2 Å². The van der Waals surface area contributed by atoms with Crippen molar-refractivity contribution in [2.75, 3.05) is 38.7 Å². The predicted molar refractivity (Wildman–Crippen MR) is 96.6 cm³/mol. The minimum absolute atomic E-state index is 0.160. The number of hydrogen-bond donors (Lipinski definition) is 0. The average Bonchev–Trinajstić information content (AvgIpc) is 3.00. The number of nitrogens with zero attached hydrogens (tertiary/aromatic N) is 3. The Morgan fingerprint density at radius 2 is 2.21 bits per heavy atom. The lowest BCUT2D eigenvalue weighted by Crippen LogP contribution is -2.43. The Bertz CT molecular complexity index is 714. The van der Waals surface area contributed by atoms with Crippen LogP contribution in [0.4, 0.5) is 5.82 Å². The number of pyridine rings is 1. The molecule has 5 nitrogen and oxygen atoms in total. The third kappa shape index (κ3) is 3.94. The summed E-state index contributed by atoms with van der Waals surface area (Å²) in [7, 11) is 3.93. The van der Waals surface area contributed by atoms with Crippen molar-refractivity contribution in [1.29, 1.82) is 0 Å². The Kier molecular flexibility index (Phi) is 5.16. The van der Waals surface area contributed by atoms with Crippen molar-refractivity contribution >= 4 is 23.1 Å². The number of rotatable bonds is 4. The molecule has 2 aromatic heterocycles. The molecule has 0 bridgehead atoms. The minimum Gasteiger partial charge on any atom is -0.368 e. The van der Waals surface area contributed by atoms with Crippen molar-refractivity contribution in [3.05, 3.63) is 45.8 Å². The molecule has 1 aliphatic heterocycles. The summed E-state index contributed by atoms with van der Waals surface area (Å²) in [4.78, 5) is 23.4. The van der Waals surface area contributed by atoms with Crippen LogP contribution in [0.2, 0.25) is 0 Å². The van der Waals surface area contributed by atoms with Gasteiger partial charge in [0.2, 0.25) is 5.91 Å². The minimum atomic E-state index is -0.160. The van der Waals surface area contributed by atoms with Crippen LogP contribution in [0.25, 0.3) is 0 Å². The van der Waals surface area contributed by atoms with Crippen LogP contribution < -0.4 is 4.90 Å². The van der Waals surface area contributed by atoms with Gasteiger partial charge in [0.25, 0.3) is 0 Å². The lowest BCUT2D eigenvalue weighted by atomic mass is 10.1. The van der Waals surface area contributed by atoms with Gasteiger partial charge in [-0.3, -0.25) is 4.79 Å². The zero-order valence-corrected chi connectivity index (χ0v) is 15.2. The lowest BCUT2D eigenvalue weighted by Gasteiger charge is -2.33. The van der Waals surface area contributed by atoms with Crippen LogP contribution in [-0.4, -0.2) is 49.6 Å². The topological polar surface area (TPSA) is 45.7 Å². The second-order valence-corrected chi connectivity index (χ2v) is 7.58. The van der Waals surface area contributed by atoms with E-state index in [2.05, 4.69) is 18.0 Å². The predicted octanol–water partition coefficient (Wildman–Crippen LogP) is 2.66. The maximum absolute atomic E-state index is 12.6. The molecule has 0 spiro atoms. The van der Waals surface area contributed by atoms with Gasteiger partial charge in [-0.15, -0.1) is 11.3 Å². The SMILES string of the molecule is Cc1ccc(CC(=O)N2CCO[C@H](c3cccc(N(C)C)n3)C2)s1. The quantitative estimate of drug-likeness (QED) is 0.855. The van der Waals surface area contributed by atoms with E-state index in [-0.39, 0.29) is 12.0 Å². The van der Waals surface area contributed by atoms with Crippen molar-refractivity contribution < 1.29 is 9.53 Å². The fourth-order valence-corrected chi connectivity index (χ4v) is 3.65. The number of carbonyl (C=O) groups is 1. The zero-order valence-electron chi connectivity index (χ0n) is 14.4. The molecule has 1 amide bonds. The van der Waals surface area contributed by atoms with Gasteiger partial charge in [0.05, 0.1) is 25.3 Å². The summed E-state index contributed by atoms with van der Waals surface area (Å²) in [6.45, 7) is 3.82. The van der Waals surface area contributed by atoms with E-state index >= 15 is 0 Å². The van der Waals surface area contributed by atoms with Gasteiger partial charge in [-0.25, -0.2) is 4.98 Å². The van der Waals surface area contributed by atoms with Crippen LogP contribution in [0.3, 0.4) is 0 Å². The molecule has 1 fully saturated rings. The fraction of sp³-hybridized carbons (Fsp3) is 0.444. The molecule has 24 heavy (non-hydrogen) atoms. The molecule has 128 valence electrons. The number of aromatic nitrogens is 1. The zero-order chi connectivity index (χ0) is 17.1. The highest BCUT2D eigenvalue weighted by atomic mass is 32.1. The number of anilines is 1. The number of morpholine rings is 1. The lowest BCUT2D eigenvalue weighted by molar-refractivity contribution is -0.138. The Morgan fingerprint density at radius 1 is 1.38 bits per heavy atom. The summed E-state index contributed by atoms with van der Waals surface area (Å²) >= 11 is 1.69. The first-order valence-corrected chi connectivity index (χ1v) is 8.93. The molecule has 3 rings (SSSR count). The van der Waals surface area contributed by atoms with E-state index in [1.54, 1.807) is 11.3 Å². The van der Waals surface area contributed by atoms with Crippen LogP contribution in [0, 0.1) is 6.92 Å². The van der Waals surface area contributed by atoms with Crippen LogP contribution in [0.15, 0.2) is 30.3 Å². The van der Waals surface area contributed by atoms with Crippen LogP contribution in [0.5, 0.6) is 0 Å². The van der Waals surface area contributed by atoms with Gasteiger partial charge in [-0.2, -0.15) is 0 Å². The summed E-state index contributed by atoms with van der Waals surface area (Å²) < 4.78 is 5.86. The van der Waals surface area contributed by atoms with Gasteiger partial charge in [0.1, 0.15) is 11.9 Å². The molecule has 1 saturated heterocycles. The molecule has 0 aromatic carbocycles. The third-order valence-corrected chi connectivity index (χ3v) is 5.09. The number of aryl methyl sites for hydroxylation is 1. The molecule has 0 unspecified atom stereocenters. The van der Waals surface area contributed by atoms with Crippen molar-refractivity contribution in [2.45, 2.75) is 19.4 Å². The van der Waals surface area contributed by atoms with E-state index < -0.39 is 0 Å². The summed E-state index contributed by atoms with van der Waals surface area (Å²) in [5.41, 5.74) is 0.880. The number of amides is 1. The molecule has 1 atom stereocenters. The number of thiophene rings is 1. The largest absolute Gasteiger partial charge is 0.368 e. The van der Waals surface area contributed by atoms with Crippen LogP contribution >= 0.6 is 11.3 Å². The third-order valence-electron chi connectivity index (χ3n) is 4.08. The number of hydrogen-bond acceptors (Lipinski definition) is 5. The van der Waals surface area contributed by atoms with Crippen molar-refractivity contribution in [3.8, 4) is 0 Å². The Morgan fingerprint density at radius 3 is 2.92 bits per heavy atom. The van der Waals surface area contributed by atoms with Gasteiger partial charge in [-0.1, -0.05) is 6.07 Å². The molecular weight excluding hydrogens is 322 g/mol. The first kappa shape index (κ1) is 16.9. The maximum atomic E-state index is 12.6. The van der Waals surface area contributed by atoms with Gasteiger partial charge in [0.15, 0.2) is 0 Å². The normalized spacial score (nSPS) is 17.8. The number of carbonyl (C=O) groups excluding carboxylic acids is 1. The highest BCUT2D eigenvalue weighted by molar-refractivity contribution is 7.12. The highest BCUT2D eigenvalue weighted by Gasteiger charge is 2.26. The summed E-state index contributed by atoms with van der Waals surface area (Å²) in [6, 6.07) is 10.0. The van der Waals surface area contributed by atoms with E-state index in [1.165, 1.54) is 4.88 Å². The van der Waals surface area contributed by atoms with Crippen LogP contribution in [0.1, 0.15) is 21.6 Å². The van der Waals surface area contributed by atoms with Crippen LogP contribution in [-0.2, 0) is 16.0 Å². The van der Waals surface area contributed by atoms with Gasteiger partial charge >= 0.3 is 0 Å². The molecule has 0 radical (unpaired) electrons. The van der Waals surface area contributed by atoms with Crippen molar-refractivity contribution in [1.82, 2.24) is 9.88 Å². The molecule has 6 heteroatoms. The molecule has 0 N–H and O–H groups in total. The first-order valence-electron chi connectivity index (χ1n) is 8.12. The summed E-state index contributed by atoms with van der Waals surface area (Å²) in [6.07, 6.45) is 0.309. The molecule has 2 aromatic rings. The van der Waals surface area contributed by atoms with Gasteiger partial charge in [0, 0.05) is 30.4 Å². The molecule has 0 saturated carbocycles. The molecule has 1 aliphatic rings. The second-order valence-electron chi connectivity index (χ2n) is 6.20. The standard InChI is InChI=1S/C18H23N3O2S/c1-13-7-8-14(24-13)11-18(22)21-9-10-23-16(12-21)15-5-4-6-17(19-15)20(2)3/h4-8,16H,9-12H2,1-3H3/t16-/m0/s1. The molecular formula is C18H23N3O2S. The van der Waals surface area contributed by atoms with Gasteiger partial charge < -0.3 is 14.5 Å². The maximum Gasteiger partial charge on any atom is 0.228 e. The number of ether oxygens (including phenoxy) is 1. The van der Waals surface area contributed by atoms with E-state index in [9.17, 15) is 4.79 Å². The van der Waals surface area contributed by atoms with E-state index in [4.69, 9.17) is 4.74 Å². The van der Waals surface area contributed by atoms with E-state index in [0.717, 1.165) is 16.4 Å². The second kappa shape index (κ2) is 7.32. The first-order chi connectivity index (χ1) is 11.5. The summed E-state index contributed by atoms with van der Waals surface area (Å²) in [5.74, 6) is 1.06. The highest BCUT2D eigenvalue weighted by Crippen LogP contribution is 2.24. The Labute approximate surface area is 146 Å².